The summed E-state index contributed by atoms with van der Waals surface area (Å²) in [7, 11) is 1.42. The number of rotatable bonds is 5. The first-order valence-electron chi connectivity index (χ1n) is 8.63. The molecule has 0 unspecified atom stereocenters. The van der Waals surface area contributed by atoms with E-state index in [2.05, 4.69) is 5.32 Å². The van der Waals surface area contributed by atoms with Crippen molar-refractivity contribution in [1.82, 2.24) is 4.90 Å². The molecule has 2 aromatic rings. The fraction of sp³-hybridized carbons (Fsp3) is 0.368. The highest BCUT2D eigenvalue weighted by Gasteiger charge is 2.29. The average molecular weight is 411 g/mol. The first-order valence-corrected chi connectivity index (χ1v) is 9.39. The molecule has 1 N–H and O–H groups in total. The molecule has 144 valence electrons. The summed E-state index contributed by atoms with van der Waals surface area (Å²) >= 11 is 11.9. The van der Waals surface area contributed by atoms with Crippen molar-refractivity contribution in [1.29, 1.82) is 0 Å². The molecule has 8 heteroatoms. The van der Waals surface area contributed by atoms with Crippen LogP contribution < -0.4 is 15.5 Å². The molecule has 3 rings (SSSR count). The van der Waals surface area contributed by atoms with Gasteiger partial charge in [0.05, 0.1) is 29.7 Å². The van der Waals surface area contributed by atoms with E-state index in [0.717, 1.165) is 25.8 Å². The summed E-state index contributed by atoms with van der Waals surface area (Å²) in [5.41, 5.74) is 0.350. The summed E-state index contributed by atoms with van der Waals surface area (Å²) < 4.78 is 10.4. The number of anilines is 1. The Morgan fingerprint density at radius 3 is 2.81 bits per heavy atom. The number of halogens is 2. The predicted molar refractivity (Wildman–Crippen MR) is 105 cm³/mol. The van der Waals surface area contributed by atoms with E-state index in [1.807, 2.05) is 4.90 Å². The van der Waals surface area contributed by atoms with E-state index in [0.29, 0.717) is 28.0 Å². The lowest BCUT2D eigenvalue weighted by Gasteiger charge is -2.34. The van der Waals surface area contributed by atoms with E-state index in [-0.39, 0.29) is 23.1 Å². The number of amides is 1. The Bertz CT molecular complexity index is 884. The fourth-order valence-corrected chi connectivity index (χ4v) is 3.45. The molecule has 6 nitrogen and oxygen atoms in total. The van der Waals surface area contributed by atoms with Crippen molar-refractivity contribution >= 4 is 34.8 Å². The van der Waals surface area contributed by atoms with Gasteiger partial charge in [0.15, 0.2) is 0 Å². The third-order valence-electron chi connectivity index (χ3n) is 4.53. The summed E-state index contributed by atoms with van der Waals surface area (Å²) in [6, 6.07) is 6.06. The second-order valence-electron chi connectivity index (χ2n) is 6.38. The van der Waals surface area contributed by atoms with Crippen LogP contribution in [0.25, 0.3) is 0 Å². The van der Waals surface area contributed by atoms with Gasteiger partial charge >= 0.3 is 0 Å². The topological polar surface area (TPSA) is 71.8 Å². The molecule has 1 aromatic heterocycles. The molecular formula is C19H20Cl2N2O4. The molecule has 1 atom stereocenters. The zero-order chi connectivity index (χ0) is 19.4. The van der Waals surface area contributed by atoms with E-state index >= 15 is 0 Å². The normalized spacial score (nSPS) is 17.5. The van der Waals surface area contributed by atoms with Gasteiger partial charge in [0.25, 0.3) is 0 Å². The molecule has 1 aromatic carbocycles. The van der Waals surface area contributed by atoms with Gasteiger partial charge in [-0.05, 0) is 37.6 Å². The minimum Gasteiger partial charge on any atom is -0.490 e. The standard InChI is InChI=1S/C19H20Cl2N2O4/c1-26-18-11-27-13(9-17(18)24)10-23-7-3-2-4-16(23)19(25)22-12-5-6-14(20)15(21)8-12/h5-6,8-9,11,16H,2-4,7,10H2,1H3,(H,22,25)/t16-/m0/s1. The molecule has 0 aliphatic carbocycles. The molecule has 2 heterocycles. The number of piperidine rings is 1. The maximum Gasteiger partial charge on any atom is 0.241 e. The second kappa shape index (κ2) is 8.78. The highest BCUT2D eigenvalue weighted by Crippen LogP contribution is 2.26. The minimum atomic E-state index is -0.319. The van der Waals surface area contributed by atoms with E-state index in [9.17, 15) is 9.59 Å². The molecule has 0 bridgehead atoms. The number of nitrogens with zero attached hydrogens (tertiary/aromatic N) is 1. The summed E-state index contributed by atoms with van der Waals surface area (Å²) in [5.74, 6) is 0.533. The lowest BCUT2D eigenvalue weighted by atomic mass is 10.0. The van der Waals surface area contributed by atoms with Gasteiger partial charge in [-0.3, -0.25) is 14.5 Å². The molecule has 0 spiro atoms. The van der Waals surface area contributed by atoms with Gasteiger partial charge < -0.3 is 14.5 Å². The zero-order valence-electron chi connectivity index (χ0n) is 14.8. The number of methoxy groups -OCH3 is 1. The van der Waals surface area contributed by atoms with Crippen molar-refractivity contribution in [3.8, 4) is 5.75 Å². The Morgan fingerprint density at radius 2 is 2.11 bits per heavy atom. The van der Waals surface area contributed by atoms with Crippen molar-refractivity contribution in [2.75, 3.05) is 19.0 Å². The molecular weight excluding hydrogens is 391 g/mol. The van der Waals surface area contributed by atoms with Crippen LogP contribution in [0.5, 0.6) is 5.75 Å². The Morgan fingerprint density at radius 1 is 1.30 bits per heavy atom. The van der Waals surface area contributed by atoms with Gasteiger partial charge in [0, 0.05) is 11.8 Å². The van der Waals surface area contributed by atoms with Crippen molar-refractivity contribution in [2.45, 2.75) is 31.8 Å². The van der Waals surface area contributed by atoms with Gasteiger partial charge in [0.1, 0.15) is 12.0 Å². The number of hydrogen-bond donors (Lipinski definition) is 1. The lowest BCUT2D eigenvalue weighted by Crippen LogP contribution is -2.46. The Labute approximate surface area is 167 Å². The smallest absolute Gasteiger partial charge is 0.241 e. The first-order chi connectivity index (χ1) is 13.0. The Hall–Kier alpha value is -2.02. The van der Waals surface area contributed by atoms with Crippen LogP contribution in [0.4, 0.5) is 5.69 Å². The van der Waals surface area contributed by atoms with Crippen molar-refractivity contribution in [3.63, 3.8) is 0 Å². The molecule has 0 saturated carbocycles. The molecule has 1 fully saturated rings. The zero-order valence-corrected chi connectivity index (χ0v) is 16.3. The number of nitrogens with one attached hydrogen (secondary N) is 1. The van der Waals surface area contributed by atoms with Gasteiger partial charge in [-0.2, -0.15) is 0 Å². The van der Waals surface area contributed by atoms with Crippen LogP contribution in [0.1, 0.15) is 25.0 Å². The van der Waals surface area contributed by atoms with Crippen LogP contribution in [0.3, 0.4) is 0 Å². The van der Waals surface area contributed by atoms with Crippen LogP contribution >= 0.6 is 23.2 Å². The molecule has 1 aliphatic heterocycles. The third-order valence-corrected chi connectivity index (χ3v) is 5.27. The van der Waals surface area contributed by atoms with Gasteiger partial charge in [-0.15, -0.1) is 0 Å². The van der Waals surface area contributed by atoms with Crippen LogP contribution in [-0.4, -0.2) is 30.5 Å². The molecule has 27 heavy (non-hydrogen) atoms. The van der Waals surface area contributed by atoms with E-state index in [4.69, 9.17) is 32.4 Å². The Kier molecular flexibility index (Phi) is 6.42. The number of carbonyl (C=O) groups is 1. The van der Waals surface area contributed by atoms with E-state index < -0.39 is 0 Å². The number of benzene rings is 1. The van der Waals surface area contributed by atoms with Gasteiger partial charge in [-0.1, -0.05) is 29.6 Å². The first kappa shape index (κ1) is 19.7. The van der Waals surface area contributed by atoms with E-state index in [1.165, 1.54) is 19.4 Å². The van der Waals surface area contributed by atoms with Gasteiger partial charge in [-0.25, -0.2) is 0 Å². The van der Waals surface area contributed by atoms with Gasteiger partial charge in [0.2, 0.25) is 17.1 Å². The molecule has 1 aliphatic rings. The van der Waals surface area contributed by atoms with Crippen LogP contribution in [0.2, 0.25) is 10.0 Å². The fourth-order valence-electron chi connectivity index (χ4n) is 3.15. The SMILES string of the molecule is COc1coc(CN2CCCC[C@H]2C(=O)Nc2ccc(Cl)c(Cl)c2)cc1=O. The largest absolute Gasteiger partial charge is 0.490 e. The third kappa shape index (κ3) is 4.83. The summed E-state index contributed by atoms with van der Waals surface area (Å²) in [4.78, 5) is 26.7. The number of hydrogen-bond acceptors (Lipinski definition) is 5. The van der Waals surface area contributed by atoms with Crippen molar-refractivity contribution < 1.29 is 13.9 Å². The van der Waals surface area contributed by atoms with Crippen molar-refractivity contribution in [3.05, 3.63) is 56.6 Å². The second-order valence-corrected chi connectivity index (χ2v) is 7.19. The molecule has 1 saturated heterocycles. The van der Waals surface area contributed by atoms with Crippen LogP contribution in [0, 0.1) is 0 Å². The summed E-state index contributed by atoms with van der Waals surface area (Å²) in [6.07, 6.45) is 3.97. The Balaban J connectivity index is 1.72. The maximum absolute atomic E-state index is 12.8. The number of likely N-dealkylation sites (tertiary alicyclic amines) is 1. The maximum atomic E-state index is 12.8. The van der Waals surface area contributed by atoms with Crippen LogP contribution in [-0.2, 0) is 11.3 Å². The highest BCUT2D eigenvalue weighted by molar-refractivity contribution is 6.42. The highest BCUT2D eigenvalue weighted by atomic mass is 35.5. The average Bonchev–Trinajstić information content (AvgIpc) is 2.65. The monoisotopic (exact) mass is 410 g/mol. The van der Waals surface area contributed by atoms with E-state index in [1.54, 1.807) is 18.2 Å². The quantitative estimate of drug-likeness (QED) is 0.807. The lowest BCUT2D eigenvalue weighted by molar-refractivity contribution is -0.122. The van der Waals surface area contributed by atoms with Crippen molar-refractivity contribution in [2.24, 2.45) is 0 Å². The minimum absolute atomic E-state index is 0.121. The predicted octanol–water partition coefficient (Wildman–Crippen LogP) is 3.95. The number of ether oxygens (including phenoxy) is 1. The molecule has 0 radical (unpaired) electrons. The van der Waals surface area contributed by atoms with Crippen LogP contribution in [0.15, 0.2) is 39.7 Å². The molecule has 1 amide bonds. The number of carbonyl (C=O) groups excluding carboxylic acids is 1. The summed E-state index contributed by atoms with van der Waals surface area (Å²) in [5, 5.41) is 3.71. The summed E-state index contributed by atoms with van der Waals surface area (Å²) in [6.45, 7) is 1.12.